The fourth-order valence-electron chi connectivity index (χ4n) is 2.97. The maximum Gasteiger partial charge on any atom is 0.258 e. The van der Waals surface area contributed by atoms with Gasteiger partial charge in [0.05, 0.1) is 10.9 Å². The Labute approximate surface area is 167 Å². The van der Waals surface area contributed by atoms with Gasteiger partial charge >= 0.3 is 0 Å². The molecular formula is C23H19N3O3. The Kier molecular flexibility index (Phi) is 5.33. The molecule has 0 saturated heterocycles. The van der Waals surface area contributed by atoms with Crippen molar-refractivity contribution in [2.75, 3.05) is 5.32 Å². The molecular weight excluding hydrogens is 366 g/mol. The molecule has 4 rings (SSSR count). The number of aromatic amines is 1. The van der Waals surface area contributed by atoms with Crippen LogP contribution < -0.4 is 15.6 Å². The Morgan fingerprint density at radius 1 is 0.931 bits per heavy atom. The van der Waals surface area contributed by atoms with Crippen LogP contribution in [0.15, 0.2) is 83.7 Å². The van der Waals surface area contributed by atoms with E-state index >= 15 is 0 Å². The molecule has 0 saturated carbocycles. The summed E-state index contributed by atoms with van der Waals surface area (Å²) in [6.07, 6.45) is 0.539. The first-order chi connectivity index (χ1) is 14.2. The Morgan fingerprint density at radius 3 is 2.55 bits per heavy atom. The van der Waals surface area contributed by atoms with Crippen LogP contribution in [0.4, 0.5) is 5.69 Å². The van der Waals surface area contributed by atoms with Crippen molar-refractivity contribution in [3.8, 4) is 11.5 Å². The average molecular weight is 385 g/mol. The number of carbonyl (C=O) groups is 1. The average Bonchev–Trinajstić information content (AvgIpc) is 2.73. The van der Waals surface area contributed by atoms with E-state index in [9.17, 15) is 9.59 Å². The molecule has 2 N–H and O–H groups in total. The summed E-state index contributed by atoms with van der Waals surface area (Å²) < 4.78 is 5.78. The number of nitrogens with one attached hydrogen (secondary N) is 2. The maximum absolute atomic E-state index is 12.3. The normalized spacial score (nSPS) is 10.6. The minimum absolute atomic E-state index is 0.169. The van der Waals surface area contributed by atoms with Gasteiger partial charge in [0.15, 0.2) is 0 Å². The fraction of sp³-hybridized carbons (Fsp3) is 0.0870. The summed E-state index contributed by atoms with van der Waals surface area (Å²) in [4.78, 5) is 31.6. The van der Waals surface area contributed by atoms with Crippen molar-refractivity contribution in [3.63, 3.8) is 0 Å². The fourth-order valence-corrected chi connectivity index (χ4v) is 2.97. The standard InChI is InChI=1S/C23H19N3O3/c27-22(14-13-21-25-20-12-5-4-11-19(20)23(28)26-21)24-16-7-6-10-18(15-16)29-17-8-2-1-3-9-17/h1-12,15H,13-14H2,(H,24,27)(H,25,26,28). The number of aryl methyl sites for hydroxylation is 1. The summed E-state index contributed by atoms with van der Waals surface area (Å²) in [5, 5.41) is 3.39. The van der Waals surface area contributed by atoms with Crippen LogP contribution in [0.5, 0.6) is 11.5 Å². The molecule has 0 unspecified atom stereocenters. The maximum atomic E-state index is 12.3. The topological polar surface area (TPSA) is 84.1 Å². The minimum atomic E-state index is -0.197. The molecule has 4 aromatic rings. The zero-order valence-corrected chi connectivity index (χ0v) is 15.6. The highest BCUT2D eigenvalue weighted by Gasteiger charge is 2.08. The molecule has 0 aliphatic carbocycles. The molecule has 144 valence electrons. The van der Waals surface area contributed by atoms with Crippen LogP contribution in [-0.4, -0.2) is 15.9 Å². The van der Waals surface area contributed by atoms with Gasteiger partial charge in [-0.2, -0.15) is 0 Å². The number of carbonyl (C=O) groups excluding carboxylic acids is 1. The number of H-pyrrole nitrogens is 1. The first kappa shape index (κ1) is 18.4. The van der Waals surface area contributed by atoms with Gasteiger partial charge in [0.2, 0.25) is 5.91 Å². The lowest BCUT2D eigenvalue weighted by molar-refractivity contribution is -0.116. The van der Waals surface area contributed by atoms with Crippen LogP contribution in [0.1, 0.15) is 12.2 Å². The molecule has 0 fully saturated rings. The van der Waals surface area contributed by atoms with E-state index in [0.29, 0.717) is 34.6 Å². The summed E-state index contributed by atoms with van der Waals surface area (Å²) in [5.74, 6) is 1.68. The molecule has 29 heavy (non-hydrogen) atoms. The van der Waals surface area contributed by atoms with Crippen molar-refractivity contribution in [1.29, 1.82) is 0 Å². The molecule has 1 aromatic heterocycles. The van der Waals surface area contributed by atoms with Crippen LogP contribution in [0, 0.1) is 0 Å². The Balaban J connectivity index is 1.39. The van der Waals surface area contributed by atoms with Gasteiger partial charge in [-0.25, -0.2) is 4.98 Å². The van der Waals surface area contributed by atoms with Crippen molar-refractivity contribution in [3.05, 3.63) is 95.0 Å². The second kappa shape index (κ2) is 8.39. The van der Waals surface area contributed by atoms with Crippen LogP contribution in [0.25, 0.3) is 10.9 Å². The van der Waals surface area contributed by atoms with Gasteiger partial charge in [0, 0.05) is 24.6 Å². The van der Waals surface area contributed by atoms with Crippen molar-refractivity contribution in [1.82, 2.24) is 9.97 Å². The largest absolute Gasteiger partial charge is 0.457 e. The summed E-state index contributed by atoms with van der Waals surface area (Å²) in [6.45, 7) is 0. The first-order valence-corrected chi connectivity index (χ1v) is 9.28. The first-order valence-electron chi connectivity index (χ1n) is 9.28. The number of nitrogens with zero attached hydrogens (tertiary/aromatic N) is 1. The lowest BCUT2D eigenvalue weighted by atomic mass is 10.2. The van der Waals surface area contributed by atoms with Crippen LogP contribution in [0.3, 0.4) is 0 Å². The van der Waals surface area contributed by atoms with E-state index in [-0.39, 0.29) is 17.9 Å². The third-order valence-electron chi connectivity index (χ3n) is 4.35. The lowest BCUT2D eigenvalue weighted by Gasteiger charge is -2.09. The molecule has 0 aliphatic heterocycles. The summed E-state index contributed by atoms with van der Waals surface area (Å²) in [7, 11) is 0. The molecule has 0 radical (unpaired) electrons. The smallest absolute Gasteiger partial charge is 0.258 e. The van der Waals surface area contributed by atoms with Crippen molar-refractivity contribution in [2.45, 2.75) is 12.8 Å². The number of hydrogen-bond donors (Lipinski definition) is 2. The SMILES string of the molecule is O=C(CCc1nc2ccccc2c(=O)[nH]1)Nc1cccc(Oc2ccccc2)c1. The quantitative estimate of drug-likeness (QED) is 0.519. The lowest BCUT2D eigenvalue weighted by Crippen LogP contribution is -2.16. The highest BCUT2D eigenvalue weighted by Crippen LogP contribution is 2.24. The molecule has 0 spiro atoms. The number of anilines is 1. The molecule has 1 amide bonds. The zero-order chi connectivity index (χ0) is 20.1. The number of hydrogen-bond acceptors (Lipinski definition) is 4. The number of rotatable bonds is 6. The van der Waals surface area contributed by atoms with E-state index in [1.54, 1.807) is 30.3 Å². The van der Waals surface area contributed by atoms with Gasteiger partial charge in [0.25, 0.3) is 5.56 Å². The van der Waals surface area contributed by atoms with Crippen molar-refractivity contribution in [2.24, 2.45) is 0 Å². The predicted molar refractivity (Wildman–Crippen MR) is 112 cm³/mol. The number of benzene rings is 3. The van der Waals surface area contributed by atoms with E-state index in [4.69, 9.17) is 4.74 Å². The molecule has 6 heteroatoms. The molecule has 0 aliphatic rings. The van der Waals surface area contributed by atoms with Gasteiger partial charge in [-0.05, 0) is 36.4 Å². The number of ether oxygens (including phenoxy) is 1. The van der Waals surface area contributed by atoms with Gasteiger partial charge in [-0.1, -0.05) is 36.4 Å². The Morgan fingerprint density at radius 2 is 1.69 bits per heavy atom. The molecule has 6 nitrogen and oxygen atoms in total. The van der Waals surface area contributed by atoms with Crippen LogP contribution in [0.2, 0.25) is 0 Å². The summed E-state index contributed by atoms with van der Waals surface area (Å²) in [5.41, 5.74) is 1.07. The van der Waals surface area contributed by atoms with Crippen LogP contribution >= 0.6 is 0 Å². The third-order valence-corrected chi connectivity index (χ3v) is 4.35. The number of aromatic nitrogens is 2. The number of amides is 1. The third kappa shape index (κ3) is 4.68. The number of fused-ring (bicyclic) bond motifs is 1. The molecule has 1 heterocycles. The van der Waals surface area contributed by atoms with E-state index in [1.165, 1.54) is 0 Å². The van der Waals surface area contributed by atoms with Gasteiger partial charge in [0.1, 0.15) is 17.3 Å². The predicted octanol–water partition coefficient (Wildman–Crippen LogP) is 4.29. The van der Waals surface area contributed by atoms with Crippen molar-refractivity contribution < 1.29 is 9.53 Å². The highest BCUT2D eigenvalue weighted by molar-refractivity contribution is 5.91. The summed E-state index contributed by atoms with van der Waals surface area (Å²) >= 11 is 0. The van der Waals surface area contributed by atoms with E-state index in [2.05, 4.69) is 15.3 Å². The monoisotopic (exact) mass is 385 g/mol. The van der Waals surface area contributed by atoms with Gasteiger partial charge in [-0.3, -0.25) is 9.59 Å². The second-order valence-electron chi connectivity index (χ2n) is 6.52. The summed E-state index contributed by atoms with van der Waals surface area (Å²) in [6, 6.07) is 23.8. The molecule has 0 atom stereocenters. The number of para-hydroxylation sites is 2. The molecule has 3 aromatic carbocycles. The molecule has 0 bridgehead atoms. The van der Waals surface area contributed by atoms with Crippen LogP contribution in [-0.2, 0) is 11.2 Å². The van der Waals surface area contributed by atoms with E-state index in [1.807, 2.05) is 48.5 Å². The highest BCUT2D eigenvalue weighted by atomic mass is 16.5. The zero-order valence-electron chi connectivity index (χ0n) is 15.6. The van der Waals surface area contributed by atoms with E-state index in [0.717, 1.165) is 5.75 Å². The van der Waals surface area contributed by atoms with Crippen molar-refractivity contribution >= 4 is 22.5 Å². The second-order valence-corrected chi connectivity index (χ2v) is 6.52. The minimum Gasteiger partial charge on any atom is -0.457 e. The Hall–Kier alpha value is -3.93. The van der Waals surface area contributed by atoms with Gasteiger partial charge < -0.3 is 15.0 Å². The van der Waals surface area contributed by atoms with E-state index < -0.39 is 0 Å². The Bertz CT molecular complexity index is 1200. The van der Waals surface area contributed by atoms with Gasteiger partial charge in [-0.15, -0.1) is 0 Å².